The molecule has 0 aromatic heterocycles. The molecule has 21 heavy (non-hydrogen) atoms. The molecule has 1 saturated carbocycles. The molecule has 1 aliphatic rings. The first-order valence-corrected chi connectivity index (χ1v) is 9.59. The van der Waals surface area contributed by atoms with Gasteiger partial charge in [-0.1, -0.05) is 25.0 Å². The third-order valence-electron chi connectivity index (χ3n) is 3.95. The molecule has 0 heterocycles. The van der Waals surface area contributed by atoms with Crippen molar-refractivity contribution in [1.82, 2.24) is 0 Å². The molecule has 4 nitrogen and oxygen atoms in total. The minimum Gasteiger partial charge on any atom is -0.611 e. The van der Waals surface area contributed by atoms with E-state index in [-0.39, 0.29) is 5.75 Å². The van der Waals surface area contributed by atoms with Crippen molar-refractivity contribution in [3.8, 4) is 0 Å². The molecule has 1 aromatic rings. The number of benzene rings is 1. The van der Waals surface area contributed by atoms with Crippen LogP contribution in [0.4, 0.5) is 0 Å². The normalized spacial score (nSPS) is 22.0. The van der Waals surface area contributed by atoms with Crippen molar-refractivity contribution >= 4 is 33.8 Å². The maximum atomic E-state index is 12.5. The van der Waals surface area contributed by atoms with Crippen molar-refractivity contribution in [3.63, 3.8) is 0 Å². The lowest BCUT2D eigenvalue weighted by Gasteiger charge is -2.25. The van der Waals surface area contributed by atoms with Crippen molar-refractivity contribution < 1.29 is 14.8 Å². The van der Waals surface area contributed by atoms with Gasteiger partial charge in [-0.2, -0.15) is 0 Å². The number of aliphatic hydroxyl groups is 2. The molecule has 118 valence electrons. The maximum Gasteiger partial charge on any atom is 0.153 e. The van der Waals surface area contributed by atoms with Gasteiger partial charge in [-0.15, -0.1) is 0 Å². The van der Waals surface area contributed by atoms with Gasteiger partial charge >= 0.3 is 0 Å². The fraction of sp³-hybridized carbons (Fsp3) is 0.600. The van der Waals surface area contributed by atoms with Gasteiger partial charge in [0.25, 0.3) is 0 Å². The Bertz CT molecular complexity index is 478. The highest BCUT2D eigenvalue weighted by atomic mass is 127. The second-order valence-corrected chi connectivity index (χ2v) is 8.98. The largest absolute Gasteiger partial charge is 0.611 e. The zero-order valence-electron chi connectivity index (χ0n) is 11.9. The average molecular weight is 423 g/mol. The lowest BCUT2D eigenvalue weighted by Crippen LogP contribution is -2.34. The van der Waals surface area contributed by atoms with Gasteiger partial charge in [0.1, 0.15) is 15.0 Å². The van der Waals surface area contributed by atoms with Gasteiger partial charge < -0.3 is 20.5 Å². The second kappa shape index (κ2) is 7.14. The van der Waals surface area contributed by atoms with Crippen molar-refractivity contribution in [2.75, 3.05) is 12.3 Å². The molecule has 4 N–H and O–H groups in total. The minimum absolute atomic E-state index is 0.271. The third-order valence-corrected chi connectivity index (χ3v) is 6.69. The SMILES string of the molecule is NCCC(O)(I)c1cccc([S+]([O-])CC2(O)CCCC2)c1. The van der Waals surface area contributed by atoms with E-state index in [1.165, 1.54) is 0 Å². The van der Waals surface area contributed by atoms with Gasteiger partial charge in [0.2, 0.25) is 0 Å². The zero-order chi connectivity index (χ0) is 15.5. The molecule has 2 rings (SSSR count). The summed E-state index contributed by atoms with van der Waals surface area (Å²) in [7, 11) is 0. The number of hydrogen-bond acceptors (Lipinski definition) is 4. The summed E-state index contributed by atoms with van der Waals surface area (Å²) in [5.74, 6) is 0.271. The van der Waals surface area contributed by atoms with E-state index in [0.29, 0.717) is 23.4 Å². The summed E-state index contributed by atoms with van der Waals surface area (Å²) in [6, 6.07) is 7.15. The molecular formula is C15H22INO3S. The van der Waals surface area contributed by atoms with Crippen molar-refractivity contribution in [1.29, 1.82) is 0 Å². The summed E-state index contributed by atoms with van der Waals surface area (Å²) in [5, 5.41) is 20.8. The molecule has 0 bridgehead atoms. The summed E-state index contributed by atoms with van der Waals surface area (Å²) in [4.78, 5) is 0.653. The van der Waals surface area contributed by atoms with Crippen LogP contribution in [0.3, 0.4) is 0 Å². The van der Waals surface area contributed by atoms with E-state index in [1.807, 2.05) is 28.7 Å². The Morgan fingerprint density at radius 3 is 2.67 bits per heavy atom. The Hall–Kier alpha value is 0.140. The van der Waals surface area contributed by atoms with E-state index >= 15 is 0 Å². The molecule has 0 spiro atoms. The summed E-state index contributed by atoms with van der Waals surface area (Å²) in [5.41, 5.74) is 5.43. The monoisotopic (exact) mass is 423 g/mol. The molecule has 1 aliphatic carbocycles. The number of rotatable bonds is 6. The van der Waals surface area contributed by atoms with Crippen LogP contribution < -0.4 is 5.73 Å². The van der Waals surface area contributed by atoms with Gasteiger partial charge in [-0.05, 0) is 64.8 Å². The number of halogens is 1. The molecule has 0 amide bonds. The highest BCUT2D eigenvalue weighted by Crippen LogP contribution is 2.35. The van der Waals surface area contributed by atoms with Gasteiger partial charge in [0.05, 0.1) is 0 Å². The number of hydrogen-bond donors (Lipinski definition) is 3. The van der Waals surface area contributed by atoms with Crippen LogP contribution in [0.5, 0.6) is 0 Å². The van der Waals surface area contributed by atoms with Crippen LogP contribution in [0.1, 0.15) is 37.7 Å². The first kappa shape index (κ1) is 17.5. The lowest BCUT2D eigenvalue weighted by atomic mass is 10.1. The van der Waals surface area contributed by atoms with E-state index in [9.17, 15) is 14.8 Å². The average Bonchev–Trinajstić information content (AvgIpc) is 2.85. The predicted octanol–water partition coefficient (Wildman–Crippen LogP) is 2.03. The second-order valence-electron chi connectivity index (χ2n) is 5.75. The molecular weight excluding hydrogens is 401 g/mol. The third kappa shape index (κ3) is 4.56. The van der Waals surface area contributed by atoms with E-state index in [4.69, 9.17) is 5.73 Å². The molecule has 1 fully saturated rings. The molecule has 1 aromatic carbocycles. The summed E-state index contributed by atoms with van der Waals surface area (Å²) in [6.45, 7) is 0.381. The Labute approximate surface area is 142 Å². The fourth-order valence-corrected chi connectivity index (χ4v) is 4.80. The predicted molar refractivity (Wildman–Crippen MR) is 92.7 cm³/mol. The van der Waals surface area contributed by atoms with Crippen molar-refractivity contribution in [2.24, 2.45) is 5.73 Å². The van der Waals surface area contributed by atoms with E-state index in [0.717, 1.165) is 25.7 Å². The number of nitrogens with two attached hydrogens (primary N) is 1. The zero-order valence-corrected chi connectivity index (χ0v) is 14.9. The van der Waals surface area contributed by atoms with Gasteiger partial charge in [0, 0.05) is 12.5 Å². The van der Waals surface area contributed by atoms with Gasteiger partial charge in [0.15, 0.2) is 4.90 Å². The van der Waals surface area contributed by atoms with Crippen molar-refractivity contribution in [3.05, 3.63) is 29.8 Å². The van der Waals surface area contributed by atoms with Crippen LogP contribution in [0, 0.1) is 0 Å². The van der Waals surface area contributed by atoms with Crippen LogP contribution in [0.2, 0.25) is 0 Å². The Morgan fingerprint density at radius 2 is 2.05 bits per heavy atom. The highest BCUT2D eigenvalue weighted by Gasteiger charge is 2.37. The van der Waals surface area contributed by atoms with Crippen LogP contribution in [-0.2, 0) is 14.8 Å². The standard InChI is InChI=1S/C15H22INO3S/c16-15(19,8-9-17)12-4-3-5-13(10-12)21(20)11-14(18)6-1-2-7-14/h3-5,10,18-19H,1-2,6-9,11,17H2. The molecule has 0 radical (unpaired) electrons. The summed E-state index contributed by atoms with van der Waals surface area (Å²) >= 11 is 0.705. The topological polar surface area (TPSA) is 89.5 Å². The summed E-state index contributed by atoms with van der Waals surface area (Å²) < 4.78 is 11.4. The van der Waals surface area contributed by atoms with Crippen LogP contribution in [0.15, 0.2) is 29.2 Å². The van der Waals surface area contributed by atoms with Crippen molar-refractivity contribution in [2.45, 2.75) is 46.2 Å². The quantitative estimate of drug-likeness (QED) is 0.371. The highest BCUT2D eigenvalue weighted by molar-refractivity contribution is 14.1. The maximum absolute atomic E-state index is 12.5. The molecule has 2 atom stereocenters. The van der Waals surface area contributed by atoms with Crippen LogP contribution in [-0.4, -0.2) is 32.7 Å². The van der Waals surface area contributed by atoms with Gasteiger partial charge in [-0.3, -0.25) is 0 Å². The smallest absolute Gasteiger partial charge is 0.153 e. The first-order valence-electron chi connectivity index (χ1n) is 7.19. The van der Waals surface area contributed by atoms with E-state index in [2.05, 4.69) is 0 Å². The Balaban J connectivity index is 2.13. The molecule has 2 unspecified atom stereocenters. The van der Waals surface area contributed by atoms with E-state index < -0.39 is 20.4 Å². The molecule has 6 heteroatoms. The Kier molecular flexibility index (Phi) is 5.95. The van der Waals surface area contributed by atoms with Crippen LogP contribution >= 0.6 is 22.6 Å². The van der Waals surface area contributed by atoms with E-state index in [1.54, 1.807) is 18.2 Å². The Morgan fingerprint density at radius 1 is 1.38 bits per heavy atom. The number of alkyl halides is 1. The first-order chi connectivity index (χ1) is 9.86. The molecule has 0 saturated heterocycles. The lowest BCUT2D eigenvalue weighted by molar-refractivity contribution is 0.0713. The molecule has 0 aliphatic heterocycles. The minimum atomic E-state index is -1.26. The summed E-state index contributed by atoms with van der Waals surface area (Å²) in [6.07, 6.45) is 3.88. The van der Waals surface area contributed by atoms with Crippen LogP contribution in [0.25, 0.3) is 0 Å². The van der Waals surface area contributed by atoms with Gasteiger partial charge in [-0.25, -0.2) is 0 Å². The fourth-order valence-electron chi connectivity index (χ4n) is 2.72.